The number of hydrogen-bond donors (Lipinski definition) is 1. The van der Waals surface area contributed by atoms with Gasteiger partial charge in [0, 0.05) is 12.4 Å². The van der Waals surface area contributed by atoms with Gasteiger partial charge in [0.25, 0.3) is 0 Å². The van der Waals surface area contributed by atoms with Crippen LogP contribution in [0.2, 0.25) is 5.02 Å². The summed E-state index contributed by atoms with van der Waals surface area (Å²) in [6.45, 7) is -0.268. The number of hydrogen-bond acceptors (Lipinski definition) is 1. The van der Waals surface area contributed by atoms with Crippen LogP contribution >= 0.6 is 11.6 Å². The Labute approximate surface area is 103 Å². The Morgan fingerprint density at radius 1 is 1.29 bits per heavy atom. The van der Waals surface area contributed by atoms with Gasteiger partial charge in [-0.15, -0.1) is 0 Å². The fourth-order valence-corrected chi connectivity index (χ4v) is 1.64. The normalized spacial score (nSPS) is 9.82. The fraction of sp³-hybridized carbons (Fsp3) is 0.0769. The highest BCUT2D eigenvalue weighted by atomic mass is 35.5. The van der Waals surface area contributed by atoms with E-state index in [2.05, 4.69) is 11.8 Å². The molecule has 2 aromatic rings. The second kappa shape index (κ2) is 5.05. The molecule has 1 N–H and O–H groups in total. The molecule has 0 saturated heterocycles. The molecule has 0 unspecified atom stereocenters. The first-order valence-corrected chi connectivity index (χ1v) is 5.32. The summed E-state index contributed by atoms with van der Waals surface area (Å²) >= 11 is 5.75. The first-order chi connectivity index (χ1) is 8.22. The molecule has 17 heavy (non-hydrogen) atoms. The Balaban J connectivity index is 2.60. The molecule has 86 valence electrons. The summed E-state index contributed by atoms with van der Waals surface area (Å²) in [4.78, 5) is 0. The van der Waals surface area contributed by atoms with E-state index in [4.69, 9.17) is 16.7 Å². The molecule has 2 rings (SSSR count). The van der Waals surface area contributed by atoms with Crippen LogP contribution < -0.4 is 0 Å². The van der Waals surface area contributed by atoms with Crippen molar-refractivity contribution in [1.82, 2.24) is 4.57 Å². The summed E-state index contributed by atoms with van der Waals surface area (Å²) in [6.07, 6.45) is 3.63. The lowest BCUT2D eigenvalue weighted by molar-refractivity contribution is 0.350. The van der Waals surface area contributed by atoms with Gasteiger partial charge in [-0.3, -0.25) is 0 Å². The average Bonchev–Trinajstić information content (AvgIpc) is 2.83. The molecule has 0 bridgehead atoms. The molecule has 0 fully saturated rings. The van der Waals surface area contributed by atoms with E-state index in [0.717, 1.165) is 0 Å². The molecule has 0 atom stereocenters. The van der Waals surface area contributed by atoms with Crippen molar-refractivity contribution in [2.75, 3.05) is 6.61 Å². The highest BCUT2D eigenvalue weighted by Crippen LogP contribution is 2.23. The number of aromatic nitrogens is 1. The van der Waals surface area contributed by atoms with Crippen molar-refractivity contribution in [3.8, 4) is 17.5 Å². The minimum atomic E-state index is -0.523. The Kier molecular flexibility index (Phi) is 3.48. The summed E-state index contributed by atoms with van der Waals surface area (Å²) in [6, 6.07) is 6.47. The SMILES string of the molecule is OCC#Cc1cc(F)c(Cl)cc1-n1cccc1. The first-order valence-electron chi connectivity index (χ1n) is 4.94. The zero-order chi connectivity index (χ0) is 12.3. The summed E-state index contributed by atoms with van der Waals surface area (Å²) in [5, 5.41) is 8.72. The van der Waals surface area contributed by atoms with E-state index in [9.17, 15) is 4.39 Å². The number of halogens is 2. The van der Waals surface area contributed by atoms with Gasteiger partial charge in [0.1, 0.15) is 12.4 Å². The summed E-state index contributed by atoms with van der Waals surface area (Å²) < 4.78 is 15.1. The standard InChI is InChI=1S/C13H9ClFNO/c14-11-9-13(16-5-1-2-6-16)10(4-3-7-17)8-12(11)15/h1-2,5-6,8-9,17H,7H2. The van der Waals surface area contributed by atoms with Crippen LogP contribution in [0.1, 0.15) is 5.56 Å². The summed E-state index contributed by atoms with van der Waals surface area (Å²) in [5.74, 6) is 4.67. The topological polar surface area (TPSA) is 25.2 Å². The lowest BCUT2D eigenvalue weighted by Gasteiger charge is -2.07. The van der Waals surface area contributed by atoms with Crippen molar-refractivity contribution in [2.45, 2.75) is 0 Å². The molecule has 0 saturated carbocycles. The monoisotopic (exact) mass is 249 g/mol. The number of benzene rings is 1. The minimum Gasteiger partial charge on any atom is -0.384 e. The van der Waals surface area contributed by atoms with Crippen LogP contribution in [-0.2, 0) is 0 Å². The van der Waals surface area contributed by atoms with Crippen molar-refractivity contribution in [1.29, 1.82) is 0 Å². The maximum absolute atomic E-state index is 13.4. The lowest BCUT2D eigenvalue weighted by Crippen LogP contribution is -1.96. The molecule has 0 aliphatic heterocycles. The van der Waals surface area contributed by atoms with Crippen LogP contribution in [0.3, 0.4) is 0 Å². The Hall–Kier alpha value is -1.76. The first kappa shape index (κ1) is 11.7. The molecule has 1 aromatic carbocycles. The number of nitrogens with zero attached hydrogens (tertiary/aromatic N) is 1. The van der Waals surface area contributed by atoms with E-state index in [1.807, 2.05) is 24.5 Å². The Morgan fingerprint density at radius 3 is 2.65 bits per heavy atom. The predicted octanol–water partition coefficient (Wildman–Crippen LogP) is 2.61. The number of rotatable bonds is 1. The molecule has 0 aliphatic rings. The molecule has 4 heteroatoms. The molecule has 1 aromatic heterocycles. The van der Waals surface area contributed by atoms with E-state index >= 15 is 0 Å². The van der Waals surface area contributed by atoms with Crippen molar-refractivity contribution >= 4 is 11.6 Å². The number of aliphatic hydroxyl groups excluding tert-OH is 1. The lowest BCUT2D eigenvalue weighted by atomic mass is 10.1. The highest BCUT2D eigenvalue weighted by Gasteiger charge is 2.08. The second-order valence-corrected chi connectivity index (χ2v) is 3.74. The van der Waals surface area contributed by atoms with Crippen molar-refractivity contribution in [3.05, 3.63) is 53.1 Å². The highest BCUT2D eigenvalue weighted by molar-refractivity contribution is 6.31. The fourth-order valence-electron chi connectivity index (χ4n) is 1.48. The third kappa shape index (κ3) is 2.50. The van der Waals surface area contributed by atoms with E-state index in [-0.39, 0.29) is 11.6 Å². The molecule has 0 amide bonds. The zero-order valence-electron chi connectivity index (χ0n) is 8.82. The maximum atomic E-state index is 13.4. The largest absolute Gasteiger partial charge is 0.384 e. The van der Waals surface area contributed by atoms with Gasteiger partial charge >= 0.3 is 0 Å². The smallest absolute Gasteiger partial charge is 0.143 e. The van der Waals surface area contributed by atoms with Gasteiger partial charge < -0.3 is 9.67 Å². The quantitative estimate of drug-likeness (QED) is 0.773. The summed E-state index contributed by atoms with van der Waals surface area (Å²) in [7, 11) is 0. The molecular formula is C13H9ClFNO. The van der Waals surface area contributed by atoms with Crippen LogP contribution in [0.5, 0.6) is 0 Å². The van der Waals surface area contributed by atoms with Gasteiger partial charge in [-0.05, 0) is 24.3 Å². The van der Waals surface area contributed by atoms with Crippen LogP contribution in [0, 0.1) is 17.7 Å². The second-order valence-electron chi connectivity index (χ2n) is 3.33. The maximum Gasteiger partial charge on any atom is 0.143 e. The van der Waals surface area contributed by atoms with Crippen LogP contribution in [-0.4, -0.2) is 16.3 Å². The van der Waals surface area contributed by atoms with Crippen LogP contribution in [0.15, 0.2) is 36.7 Å². The molecule has 1 heterocycles. The minimum absolute atomic E-state index is 0.0447. The average molecular weight is 250 g/mol. The van der Waals surface area contributed by atoms with Gasteiger partial charge in [0.15, 0.2) is 0 Å². The van der Waals surface area contributed by atoms with E-state index in [0.29, 0.717) is 11.3 Å². The van der Waals surface area contributed by atoms with Gasteiger partial charge in [-0.2, -0.15) is 0 Å². The van der Waals surface area contributed by atoms with Crippen LogP contribution in [0.4, 0.5) is 4.39 Å². The molecule has 0 aliphatic carbocycles. The van der Waals surface area contributed by atoms with E-state index < -0.39 is 5.82 Å². The third-order valence-corrected chi connectivity index (χ3v) is 2.51. The van der Waals surface area contributed by atoms with E-state index in [1.165, 1.54) is 12.1 Å². The molecule has 0 spiro atoms. The Morgan fingerprint density at radius 2 is 2.00 bits per heavy atom. The number of aliphatic hydroxyl groups is 1. The summed E-state index contributed by atoms with van der Waals surface area (Å²) in [5.41, 5.74) is 1.17. The van der Waals surface area contributed by atoms with E-state index in [1.54, 1.807) is 4.57 Å². The van der Waals surface area contributed by atoms with Crippen LogP contribution in [0.25, 0.3) is 5.69 Å². The predicted molar refractivity (Wildman–Crippen MR) is 64.7 cm³/mol. The van der Waals surface area contributed by atoms with Gasteiger partial charge in [0.2, 0.25) is 0 Å². The Bertz CT molecular complexity index is 581. The molecule has 0 radical (unpaired) electrons. The van der Waals surface area contributed by atoms with Crippen molar-refractivity contribution in [2.24, 2.45) is 0 Å². The van der Waals surface area contributed by atoms with Crippen molar-refractivity contribution < 1.29 is 9.50 Å². The third-order valence-electron chi connectivity index (χ3n) is 2.22. The molecule has 2 nitrogen and oxygen atoms in total. The van der Waals surface area contributed by atoms with Gasteiger partial charge in [-0.1, -0.05) is 23.4 Å². The van der Waals surface area contributed by atoms with Gasteiger partial charge in [0.05, 0.1) is 16.3 Å². The van der Waals surface area contributed by atoms with Gasteiger partial charge in [-0.25, -0.2) is 4.39 Å². The van der Waals surface area contributed by atoms with Crippen molar-refractivity contribution in [3.63, 3.8) is 0 Å². The molecular weight excluding hydrogens is 241 g/mol. The zero-order valence-corrected chi connectivity index (χ0v) is 9.58.